The van der Waals surface area contributed by atoms with Crippen LogP contribution in [0.3, 0.4) is 0 Å². The van der Waals surface area contributed by atoms with Gasteiger partial charge in [-0.05, 0) is 42.8 Å². The van der Waals surface area contributed by atoms with Gasteiger partial charge in [0.2, 0.25) is 0 Å². The van der Waals surface area contributed by atoms with Crippen LogP contribution in [0.1, 0.15) is 5.56 Å². The molecule has 0 atom stereocenters. The van der Waals surface area contributed by atoms with E-state index in [4.69, 9.17) is 4.74 Å². The van der Waals surface area contributed by atoms with Crippen LogP contribution in [-0.4, -0.2) is 40.0 Å². The molecule has 178 valence electrons. The Morgan fingerprint density at radius 1 is 0.971 bits per heavy atom. The maximum Gasteiger partial charge on any atom is 0.331 e. The van der Waals surface area contributed by atoms with Gasteiger partial charge in [0.05, 0.1) is 5.69 Å². The van der Waals surface area contributed by atoms with Crippen molar-refractivity contribution in [1.82, 2.24) is 14.5 Å². The molecule has 0 bridgehead atoms. The van der Waals surface area contributed by atoms with E-state index in [0.717, 1.165) is 11.0 Å². The Labute approximate surface area is 197 Å². The largest absolute Gasteiger partial charge is 0.454 e. The number of halogens is 2. The van der Waals surface area contributed by atoms with Crippen molar-refractivity contribution in [1.29, 1.82) is 0 Å². The second-order valence-electron chi connectivity index (χ2n) is 8.40. The number of rotatable bonds is 4. The van der Waals surface area contributed by atoms with Gasteiger partial charge in [0.25, 0.3) is 11.5 Å². The van der Waals surface area contributed by atoms with Crippen molar-refractivity contribution in [3.05, 3.63) is 76.3 Å². The Morgan fingerprint density at radius 3 is 2.43 bits per heavy atom. The average molecular weight is 478 g/mol. The molecule has 1 aliphatic rings. The van der Waals surface area contributed by atoms with Gasteiger partial charge in [0.1, 0.15) is 23.6 Å². The molecule has 0 aliphatic carbocycles. The normalized spacial score (nSPS) is 13.9. The third kappa shape index (κ3) is 3.63. The Kier molecular flexibility index (Phi) is 5.16. The molecule has 0 unspecified atom stereocenters. The number of nitrogens with one attached hydrogen (secondary N) is 1. The fourth-order valence-corrected chi connectivity index (χ4v) is 4.32. The van der Waals surface area contributed by atoms with Gasteiger partial charge >= 0.3 is 6.03 Å². The second kappa shape index (κ2) is 8.08. The fourth-order valence-electron chi connectivity index (χ4n) is 4.32. The summed E-state index contributed by atoms with van der Waals surface area (Å²) in [5, 5.41) is 0.590. The zero-order valence-electron chi connectivity index (χ0n) is 19.1. The lowest BCUT2D eigenvalue weighted by Gasteiger charge is -2.20. The van der Waals surface area contributed by atoms with Crippen LogP contribution in [0.25, 0.3) is 22.0 Å². The molecular weight excluding hydrogens is 458 g/mol. The number of H-pyrrole nitrogens is 1. The number of pyridine rings is 1. The van der Waals surface area contributed by atoms with Crippen molar-refractivity contribution in [2.24, 2.45) is 7.05 Å². The van der Waals surface area contributed by atoms with Crippen LogP contribution in [0.2, 0.25) is 0 Å². The molecule has 0 spiro atoms. The van der Waals surface area contributed by atoms with E-state index in [1.807, 2.05) is 0 Å². The number of nitrogens with zero attached hydrogens (tertiary/aromatic N) is 3. The van der Waals surface area contributed by atoms with E-state index in [1.54, 1.807) is 42.9 Å². The highest BCUT2D eigenvalue weighted by Crippen LogP contribution is 2.42. The topological polar surface area (TPSA) is 87.6 Å². The SMILES string of the molecule is Cc1cc(Oc2ccc(F)cc2F)c(-c2cn(C)c3c(=O)[nH]ccc23)cc1N1C(=O)CN(C)C1=O. The number of hydrogen-bond acceptors (Lipinski definition) is 4. The number of aromatic amines is 1. The maximum atomic E-state index is 14.4. The van der Waals surface area contributed by atoms with Crippen molar-refractivity contribution in [2.45, 2.75) is 6.92 Å². The molecule has 10 heteroatoms. The van der Waals surface area contributed by atoms with E-state index in [9.17, 15) is 23.2 Å². The summed E-state index contributed by atoms with van der Waals surface area (Å²) < 4.78 is 35.4. The lowest BCUT2D eigenvalue weighted by Crippen LogP contribution is -2.32. The van der Waals surface area contributed by atoms with Crippen LogP contribution >= 0.6 is 0 Å². The first-order valence-electron chi connectivity index (χ1n) is 10.7. The Hall–Kier alpha value is -4.47. The van der Waals surface area contributed by atoms with E-state index in [0.29, 0.717) is 39.3 Å². The van der Waals surface area contributed by atoms with Gasteiger partial charge in [0, 0.05) is 49.1 Å². The number of likely N-dealkylation sites (N-methyl/N-ethyl adjacent to an activating group) is 1. The lowest BCUT2D eigenvalue weighted by atomic mass is 10.0. The number of anilines is 1. The van der Waals surface area contributed by atoms with Crippen molar-refractivity contribution in [3.8, 4) is 22.6 Å². The molecule has 35 heavy (non-hydrogen) atoms. The van der Waals surface area contributed by atoms with Gasteiger partial charge in [0.15, 0.2) is 11.6 Å². The fraction of sp³-hybridized carbons (Fsp3) is 0.160. The molecule has 2 aromatic carbocycles. The number of aromatic nitrogens is 2. The lowest BCUT2D eigenvalue weighted by molar-refractivity contribution is -0.116. The van der Waals surface area contributed by atoms with E-state index in [1.165, 1.54) is 24.2 Å². The average Bonchev–Trinajstić information content (AvgIpc) is 3.26. The quantitative estimate of drug-likeness (QED) is 0.443. The second-order valence-corrected chi connectivity index (χ2v) is 8.40. The first kappa shape index (κ1) is 22.3. The molecule has 1 aliphatic heterocycles. The Bertz CT molecular complexity index is 1590. The number of urea groups is 1. The zero-order chi connectivity index (χ0) is 25.0. The van der Waals surface area contributed by atoms with Crippen LogP contribution in [0.15, 0.2) is 53.6 Å². The molecule has 0 saturated carbocycles. The Morgan fingerprint density at radius 2 is 1.74 bits per heavy atom. The Balaban J connectivity index is 1.76. The predicted molar refractivity (Wildman–Crippen MR) is 126 cm³/mol. The molecule has 4 aromatic rings. The molecule has 2 aromatic heterocycles. The summed E-state index contributed by atoms with van der Waals surface area (Å²) in [6.45, 7) is 1.63. The first-order valence-corrected chi connectivity index (χ1v) is 10.7. The highest BCUT2D eigenvalue weighted by molar-refractivity contribution is 6.20. The number of fused-ring (bicyclic) bond motifs is 1. The number of carbonyl (C=O) groups excluding carboxylic acids is 2. The van der Waals surface area contributed by atoms with Crippen LogP contribution in [-0.2, 0) is 11.8 Å². The molecule has 1 fully saturated rings. The van der Waals surface area contributed by atoms with Gasteiger partial charge in [-0.3, -0.25) is 9.59 Å². The summed E-state index contributed by atoms with van der Waals surface area (Å²) in [6, 6.07) is 7.40. The van der Waals surface area contributed by atoms with Gasteiger partial charge in [-0.15, -0.1) is 0 Å². The van der Waals surface area contributed by atoms with Crippen LogP contribution in [0, 0.1) is 18.6 Å². The van der Waals surface area contributed by atoms with Crippen LogP contribution in [0.4, 0.5) is 19.3 Å². The zero-order valence-corrected chi connectivity index (χ0v) is 19.1. The van der Waals surface area contributed by atoms with Gasteiger partial charge in [-0.25, -0.2) is 18.5 Å². The van der Waals surface area contributed by atoms with Crippen molar-refractivity contribution in [3.63, 3.8) is 0 Å². The number of ether oxygens (including phenoxy) is 1. The number of carbonyl (C=O) groups is 2. The first-order chi connectivity index (χ1) is 16.7. The van der Waals surface area contributed by atoms with E-state index >= 15 is 0 Å². The third-order valence-electron chi connectivity index (χ3n) is 5.98. The molecule has 3 amide bonds. The monoisotopic (exact) mass is 478 g/mol. The van der Waals surface area contributed by atoms with Crippen molar-refractivity contribution >= 4 is 28.5 Å². The van der Waals surface area contributed by atoms with Gasteiger partial charge < -0.3 is 19.2 Å². The van der Waals surface area contributed by atoms with Crippen molar-refractivity contribution < 1.29 is 23.1 Å². The molecule has 1 saturated heterocycles. The number of aryl methyl sites for hydroxylation is 2. The molecule has 8 nitrogen and oxygen atoms in total. The van der Waals surface area contributed by atoms with E-state index < -0.39 is 17.7 Å². The number of amides is 3. The van der Waals surface area contributed by atoms with E-state index in [2.05, 4.69) is 4.98 Å². The minimum atomic E-state index is -0.890. The third-order valence-corrected chi connectivity index (χ3v) is 5.98. The predicted octanol–water partition coefficient (Wildman–Crippen LogP) is 4.31. The molecule has 5 rings (SSSR count). The molecular formula is C25H20F2N4O4. The van der Waals surface area contributed by atoms with Gasteiger partial charge in [-0.1, -0.05) is 0 Å². The highest BCUT2D eigenvalue weighted by Gasteiger charge is 2.36. The smallest absolute Gasteiger partial charge is 0.331 e. The summed E-state index contributed by atoms with van der Waals surface area (Å²) in [4.78, 5) is 42.8. The van der Waals surface area contributed by atoms with Crippen molar-refractivity contribution in [2.75, 3.05) is 18.5 Å². The summed E-state index contributed by atoms with van der Waals surface area (Å²) in [5.41, 5.74) is 1.95. The maximum absolute atomic E-state index is 14.4. The molecule has 1 N–H and O–H groups in total. The number of imide groups is 1. The summed E-state index contributed by atoms with van der Waals surface area (Å²) in [6.07, 6.45) is 3.22. The standard InChI is InChI=1S/C25H20F2N4O4/c1-13-8-21(35-20-5-4-14(26)9-18(20)27)16(10-19(13)31-22(32)12-30(3)25(31)34)17-11-29(2)23-15(17)6-7-28-24(23)33/h4-11H,12H2,1-3H3,(H,28,33). The minimum Gasteiger partial charge on any atom is -0.454 e. The van der Waals surface area contributed by atoms with Crippen LogP contribution in [0.5, 0.6) is 11.5 Å². The molecule has 3 heterocycles. The number of benzene rings is 2. The van der Waals surface area contributed by atoms with Gasteiger partial charge in [-0.2, -0.15) is 0 Å². The summed E-state index contributed by atoms with van der Waals surface area (Å²) in [7, 11) is 3.24. The molecule has 0 radical (unpaired) electrons. The number of hydrogen-bond donors (Lipinski definition) is 1. The summed E-state index contributed by atoms with van der Waals surface area (Å²) >= 11 is 0. The highest BCUT2D eigenvalue weighted by atomic mass is 19.1. The summed E-state index contributed by atoms with van der Waals surface area (Å²) in [5.74, 6) is -2.02. The minimum absolute atomic E-state index is 0.0592. The van der Waals surface area contributed by atoms with E-state index in [-0.39, 0.29) is 29.5 Å². The van der Waals surface area contributed by atoms with Crippen LogP contribution < -0.4 is 15.2 Å².